The molecule has 0 saturated heterocycles. The number of hydrogen-bond acceptors (Lipinski definition) is 1. The maximum absolute atomic E-state index is 12.9. The van der Waals surface area contributed by atoms with Crippen LogP contribution in [0, 0.1) is 0 Å². The van der Waals surface area contributed by atoms with Gasteiger partial charge in [-0.3, -0.25) is 0 Å². The molecule has 2 rings (SSSR count). The van der Waals surface area contributed by atoms with Gasteiger partial charge in [0, 0.05) is 12.0 Å². The summed E-state index contributed by atoms with van der Waals surface area (Å²) in [6.07, 6.45) is -2.93. The Morgan fingerprint density at radius 2 is 1.82 bits per heavy atom. The first-order chi connectivity index (χ1) is 8.04. The third kappa shape index (κ3) is 2.18. The summed E-state index contributed by atoms with van der Waals surface area (Å²) in [7, 11) is 0. The molecule has 1 aromatic heterocycles. The molecule has 0 N–H and O–H groups in total. The van der Waals surface area contributed by atoms with Crippen molar-refractivity contribution in [1.82, 2.24) is 9.55 Å². The molecule has 0 amide bonds. The van der Waals surface area contributed by atoms with Crippen molar-refractivity contribution < 1.29 is 13.2 Å². The van der Waals surface area contributed by atoms with Gasteiger partial charge in [0.15, 0.2) is 0 Å². The van der Waals surface area contributed by atoms with Crippen LogP contribution < -0.4 is 0 Å². The monoisotopic (exact) mass is 240 g/mol. The number of imidazole rings is 1. The molecule has 2 nitrogen and oxygen atoms in total. The Hall–Kier alpha value is -1.78. The Bertz CT molecular complexity index is 500. The molecule has 0 spiro atoms. The molecule has 0 atom stereocenters. The fourth-order valence-electron chi connectivity index (χ4n) is 1.74. The van der Waals surface area contributed by atoms with E-state index in [1.165, 1.54) is 6.20 Å². The summed E-state index contributed by atoms with van der Waals surface area (Å²) in [5.74, 6) is 0.0244. The average molecular weight is 240 g/mol. The van der Waals surface area contributed by atoms with Crippen molar-refractivity contribution in [3.05, 3.63) is 42.4 Å². The second-order valence-corrected chi connectivity index (χ2v) is 3.58. The molecule has 17 heavy (non-hydrogen) atoms. The number of aryl methyl sites for hydroxylation is 1. The van der Waals surface area contributed by atoms with Gasteiger partial charge in [0.05, 0.1) is 11.9 Å². The smallest absolute Gasteiger partial charge is 0.241 e. The van der Waals surface area contributed by atoms with E-state index in [1.54, 1.807) is 37.3 Å². The largest absolute Gasteiger partial charge is 0.490 e. The molecule has 1 heterocycles. The van der Waals surface area contributed by atoms with Crippen LogP contribution in [0.4, 0.5) is 13.2 Å². The molecule has 0 fully saturated rings. The fourth-order valence-corrected chi connectivity index (χ4v) is 1.74. The summed E-state index contributed by atoms with van der Waals surface area (Å²) in [6, 6.07) is 8.44. The minimum atomic E-state index is -4.44. The Kier molecular flexibility index (Phi) is 2.92. The van der Waals surface area contributed by atoms with E-state index in [0.717, 1.165) is 0 Å². The van der Waals surface area contributed by atoms with E-state index < -0.39 is 6.30 Å². The number of alkyl halides is 3. The molecule has 0 unspecified atom stereocenters. The second-order valence-electron chi connectivity index (χ2n) is 3.58. The lowest BCUT2D eigenvalue weighted by molar-refractivity contribution is -0.204. The van der Waals surface area contributed by atoms with Crippen LogP contribution in [0.1, 0.15) is 12.7 Å². The van der Waals surface area contributed by atoms with Gasteiger partial charge in [-0.05, 0) is 0 Å². The predicted molar refractivity (Wildman–Crippen MR) is 58.3 cm³/mol. The number of halogens is 3. The summed E-state index contributed by atoms with van der Waals surface area (Å²) >= 11 is 0. The topological polar surface area (TPSA) is 17.8 Å². The third-order valence-corrected chi connectivity index (χ3v) is 2.47. The average Bonchev–Trinajstić information content (AvgIpc) is 2.73. The van der Waals surface area contributed by atoms with Crippen LogP contribution in [0.5, 0.6) is 0 Å². The first-order valence-corrected chi connectivity index (χ1v) is 5.23. The highest BCUT2D eigenvalue weighted by molar-refractivity contribution is 5.59. The van der Waals surface area contributed by atoms with E-state index in [1.807, 2.05) is 0 Å². The van der Waals surface area contributed by atoms with Gasteiger partial charge in [-0.2, -0.15) is 0 Å². The van der Waals surface area contributed by atoms with E-state index >= 15 is 0 Å². The third-order valence-electron chi connectivity index (χ3n) is 2.47. The fraction of sp³-hybridized carbons (Fsp3) is 0.250. The molecular weight excluding hydrogens is 229 g/mol. The number of aromatic nitrogens is 2. The minimum absolute atomic E-state index is 0.0244. The van der Waals surface area contributed by atoms with Gasteiger partial charge in [-0.1, -0.05) is 37.3 Å². The quantitative estimate of drug-likeness (QED) is 0.784. The standard InChI is InChI=1S/C12H11F3N2/c1-2-11-16-8-10(17(11)12(13,14)15)9-6-4-3-5-7-9/h3-8H,2H2,1H3. The minimum Gasteiger partial charge on any atom is -0.241 e. The van der Waals surface area contributed by atoms with Gasteiger partial charge in [0.2, 0.25) is 0 Å². The molecule has 1 aromatic carbocycles. The molecule has 0 bridgehead atoms. The summed E-state index contributed by atoms with van der Waals surface area (Å²) in [5.41, 5.74) is 0.590. The Labute approximate surface area is 96.7 Å². The number of rotatable bonds is 2. The zero-order chi connectivity index (χ0) is 12.5. The van der Waals surface area contributed by atoms with Crippen molar-refractivity contribution in [2.24, 2.45) is 0 Å². The number of nitrogens with zero attached hydrogens (tertiary/aromatic N) is 2. The van der Waals surface area contributed by atoms with Gasteiger partial charge in [0.25, 0.3) is 0 Å². The van der Waals surface area contributed by atoms with Crippen LogP contribution in [0.15, 0.2) is 36.5 Å². The normalized spacial score (nSPS) is 11.8. The predicted octanol–water partition coefficient (Wildman–Crippen LogP) is 3.59. The van der Waals surface area contributed by atoms with Gasteiger partial charge in [-0.25, -0.2) is 9.55 Å². The Balaban J connectivity index is 2.60. The Morgan fingerprint density at radius 1 is 1.18 bits per heavy atom. The molecule has 5 heteroatoms. The Morgan fingerprint density at radius 3 is 2.35 bits per heavy atom. The van der Waals surface area contributed by atoms with E-state index in [9.17, 15) is 13.2 Å². The molecular formula is C12H11F3N2. The van der Waals surface area contributed by atoms with Gasteiger partial charge >= 0.3 is 6.30 Å². The van der Waals surface area contributed by atoms with Crippen molar-refractivity contribution in [3.8, 4) is 11.3 Å². The highest BCUT2D eigenvalue weighted by Crippen LogP contribution is 2.31. The van der Waals surface area contributed by atoms with Crippen molar-refractivity contribution in [2.45, 2.75) is 19.6 Å². The summed E-state index contributed by atoms with van der Waals surface area (Å²) in [5, 5.41) is 0. The zero-order valence-corrected chi connectivity index (χ0v) is 9.20. The second kappa shape index (κ2) is 4.24. The van der Waals surface area contributed by atoms with E-state index in [-0.39, 0.29) is 17.9 Å². The van der Waals surface area contributed by atoms with Crippen molar-refractivity contribution in [1.29, 1.82) is 0 Å². The lowest BCUT2D eigenvalue weighted by Crippen LogP contribution is -2.20. The molecule has 0 aliphatic rings. The van der Waals surface area contributed by atoms with Crippen LogP contribution in [-0.4, -0.2) is 9.55 Å². The number of hydrogen-bond donors (Lipinski definition) is 0. The summed E-state index contributed by atoms with van der Waals surface area (Å²) in [6.45, 7) is 1.65. The van der Waals surface area contributed by atoms with Crippen LogP contribution in [0.2, 0.25) is 0 Å². The van der Waals surface area contributed by atoms with Gasteiger partial charge in [-0.15, -0.1) is 13.2 Å². The lowest BCUT2D eigenvalue weighted by atomic mass is 10.2. The van der Waals surface area contributed by atoms with Gasteiger partial charge < -0.3 is 0 Å². The van der Waals surface area contributed by atoms with E-state index in [0.29, 0.717) is 10.1 Å². The molecule has 0 radical (unpaired) electrons. The van der Waals surface area contributed by atoms with E-state index in [4.69, 9.17) is 0 Å². The number of benzene rings is 1. The molecule has 2 aromatic rings. The van der Waals surface area contributed by atoms with Gasteiger partial charge in [0.1, 0.15) is 5.82 Å². The summed E-state index contributed by atoms with van der Waals surface area (Å²) < 4.78 is 39.1. The first kappa shape index (κ1) is 11.7. The van der Waals surface area contributed by atoms with Crippen LogP contribution in [-0.2, 0) is 12.7 Å². The first-order valence-electron chi connectivity index (χ1n) is 5.23. The molecule has 0 aliphatic heterocycles. The maximum Gasteiger partial charge on any atom is 0.490 e. The zero-order valence-electron chi connectivity index (χ0n) is 9.20. The maximum atomic E-state index is 12.9. The van der Waals surface area contributed by atoms with Crippen molar-refractivity contribution >= 4 is 0 Å². The summed E-state index contributed by atoms with van der Waals surface area (Å²) in [4.78, 5) is 3.82. The highest BCUT2D eigenvalue weighted by atomic mass is 19.4. The van der Waals surface area contributed by atoms with E-state index in [2.05, 4.69) is 4.98 Å². The molecule has 0 saturated carbocycles. The molecule has 0 aliphatic carbocycles. The SMILES string of the molecule is CCc1ncc(-c2ccccc2)n1C(F)(F)F. The molecule has 90 valence electrons. The highest BCUT2D eigenvalue weighted by Gasteiger charge is 2.35. The van der Waals surface area contributed by atoms with Crippen molar-refractivity contribution in [3.63, 3.8) is 0 Å². The van der Waals surface area contributed by atoms with Crippen molar-refractivity contribution in [2.75, 3.05) is 0 Å². The lowest BCUT2D eigenvalue weighted by Gasteiger charge is -2.14. The van der Waals surface area contributed by atoms with Crippen LogP contribution in [0.25, 0.3) is 11.3 Å². The van der Waals surface area contributed by atoms with Crippen LogP contribution >= 0.6 is 0 Å². The van der Waals surface area contributed by atoms with Crippen LogP contribution in [0.3, 0.4) is 0 Å².